The molecule has 9 heteroatoms. The van der Waals surface area contributed by atoms with Crippen LogP contribution in [0.3, 0.4) is 0 Å². The van der Waals surface area contributed by atoms with Crippen LogP contribution in [0.15, 0.2) is 64.6 Å². The number of carbonyl (C=O) groups excluding carboxylic acids is 1. The van der Waals surface area contributed by atoms with Crippen molar-refractivity contribution in [3.05, 3.63) is 71.5 Å². The van der Waals surface area contributed by atoms with Crippen LogP contribution >= 0.6 is 11.8 Å². The summed E-state index contributed by atoms with van der Waals surface area (Å²) in [5.74, 6) is 1.60. The molecular weight excluding hydrogens is 468 g/mol. The number of hydrogen-bond donors (Lipinski definition) is 0. The van der Waals surface area contributed by atoms with Gasteiger partial charge in [-0.3, -0.25) is 4.79 Å². The molecule has 7 nitrogen and oxygen atoms in total. The number of piperidine rings is 1. The third kappa shape index (κ3) is 5.11. The monoisotopic (exact) mass is 496 g/mol. The maximum absolute atomic E-state index is 12.9. The third-order valence-electron chi connectivity index (χ3n) is 6.33. The molecule has 1 aliphatic carbocycles. The Morgan fingerprint density at radius 2 is 1.65 bits per heavy atom. The number of sulfonamides is 1. The first kappa shape index (κ1) is 23.3. The maximum Gasteiger partial charge on any atom is 0.243 e. The summed E-state index contributed by atoms with van der Waals surface area (Å²) in [6, 6.07) is 16.5. The summed E-state index contributed by atoms with van der Waals surface area (Å²) in [5.41, 5.74) is 1.67. The lowest BCUT2D eigenvalue weighted by atomic mass is 10.1. The van der Waals surface area contributed by atoms with Crippen molar-refractivity contribution in [2.75, 3.05) is 18.8 Å². The Labute approximate surface area is 204 Å². The molecule has 2 fully saturated rings. The predicted molar refractivity (Wildman–Crippen MR) is 132 cm³/mol. The van der Waals surface area contributed by atoms with E-state index in [0.29, 0.717) is 31.1 Å². The predicted octanol–water partition coefficient (Wildman–Crippen LogP) is 4.35. The minimum atomic E-state index is -3.50. The average molecular weight is 497 g/mol. The lowest BCUT2D eigenvalue weighted by Gasteiger charge is -2.25. The summed E-state index contributed by atoms with van der Waals surface area (Å²) in [6.07, 6.45) is 5.11. The van der Waals surface area contributed by atoms with E-state index < -0.39 is 10.0 Å². The van der Waals surface area contributed by atoms with Crippen molar-refractivity contribution in [2.24, 2.45) is 0 Å². The topological polar surface area (TPSA) is 85.2 Å². The van der Waals surface area contributed by atoms with Crippen molar-refractivity contribution >= 4 is 27.6 Å². The molecule has 0 unspecified atom stereocenters. The minimum absolute atomic E-state index is 0.0610. The lowest BCUT2D eigenvalue weighted by Crippen LogP contribution is -2.35. The molecule has 0 amide bonds. The smallest absolute Gasteiger partial charge is 0.243 e. The Kier molecular flexibility index (Phi) is 6.85. The van der Waals surface area contributed by atoms with Crippen molar-refractivity contribution in [3.63, 3.8) is 0 Å². The fraction of sp³-hybridized carbons (Fsp3) is 0.400. The normalized spacial score (nSPS) is 17.1. The zero-order valence-electron chi connectivity index (χ0n) is 19.0. The van der Waals surface area contributed by atoms with E-state index >= 15 is 0 Å². The number of aromatic nitrogens is 3. The van der Waals surface area contributed by atoms with Gasteiger partial charge < -0.3 is 4.57 Å². The van der Waals surface area contributed by atoms with Crippen LogP contribution < -0.4 is 0 Å². The number of nitrogens with zero attached hydrogens (tertiary/aromatic N) is 4. The maximum atomic E-state index is 12.9. The molecule has 0 N–H and O–H groups in total. The fourth-order valence-electron chi connectivity index (χ4n) is 4.25. The van der Waals surface area contributed by atoms with E-state index in [1.165, 1.54) is 17.3 Å². The van der Waals surface area contributed by atoms with Crippen LogP contribution in [0, 0.1) is 0 Å². The number of carbonyl (C=O) groups is 1. The Hall–Kier alpha value is -2.49. The average Bonchev–Trinajstić information content (AvgIpc) is 3.65. The van der Waals surface area contributed by atoms with Crippen molar-refractivity contribution in [1.82, 2.24) is 19.1 Å². The molecule has 5 rings (SSSR count). The van der Waals surface area contributed by atoms with E-state index in [-0.39, 0.29) is 16.4 Å². The van der Waals surface area contributed by atoms with Gasteiger partial charge in [0.25, 0.3) is 0 Å². The van der Waals surface area contributed by atoms with Gasteiger partial charge in [-0.25, -0.2) is 8.42 Å². The fourth-order valence-corrected chi connectivity index (χ4v) is 6.60. The molecule has 3 aromatic rings. The van der Waals surface area contributed by atoms with Crippen molar-refractivity contribution in [1.29, 1.82) is 0 Å². The SMILES string of the molecule is O=C(CSc1nnc(C2CC2)n1Cc1ccccc1)c1ccc(S(=O)(=O)N2CCCCC2)cc1. The van der Waals surface area contributed by atoms with Crippen LogP contribution in [-0.4, -0.2) is 52.1 Å². The van der Waals surface area contributed by atoms with Gasteiger partial charge in [0.05, 0.1) is 17.2 Å². The van der Waals surface area contributed by atoms with E-state index in [0.717, 1.165) is 43.1 Å². The zero-order chi connectivity index (χ0) is 23.5. The van der Waals surface area contributed by atoms with Gasteiger partial charge in [-0.1, -0.05) is 60.6 Å². The van der Waals surface area contributed by atoms with E-state index in [4.69, 9.17) is 0 Å². The highest BCUT2D eigenvalue weighted by atomic mass is 32.2. The van der Waals surface area contributed by atoms with E-state index in [2.05, 4.69) is 26.9 Å². The largest absolute Gasteiger partial charge is 0.301 e. The number of benzene rings is 2. The molecule has 1 aromatic heterocycles. The summed E-state index contributed by atoms with van der Waals surface area (Å²) in [7, 11) is -3.50. The van der Waals surface area contributed by atoms with Crippen molar-refractivity contribution in [3.8, 4) is 0 Å². The van der Waals surface area contributed by atoms with Crippen LogP contribution in [0.5, 0.6) is 0 Å². The first-order valence-corrected chi connectivity index (χ1v) is 14.2. The molecule has 0 spiro atoms. The number of ketones is 1. The zero-order valence-corrected chi connectivity index (χ0v) is 20.6. The Balaban J connectivity index is 1.26. The highest BCUT2D eigenvalue weighted by Crippen LogP contribution is 2.40. The van der Waals surface area contributed by atoms with Crippen LogP contribution in [0.25, 0.3) is 0 Å². The first-order valence-electron chi connectivity index (χ1n) is 11.8. The Morgan fingerprint density at radius 1 is 0.941 bits per heavy atom. The molecule has 2 aliphatic rings. The van der Waals surface area contributed by atoms with E-state index in [1.54, 1.807) is 28.6 Å². The summed E-state index contributed by atoms with van der Waals surface area (Å²) in [6.45, 7) is 1.80. The second-order valence-electron chi connectivity index (χ2n) is 8.89. The summed E-state index contributed by atoms with van der Waals surface area (Å²) in [4.78, 5) is 13.1. The number of hydrogen-bond acceptors (Lipinski definition) is 6. The van der Waals surface area contributed by atoms with Crippen LogP contribution in [-0.2, 0) is 16.6 Å². The highest BCUT2D eigenvalue weighted by Gasteiger charge is 2.31. The van der Waals surface area contributed by atoms with Gasteiger partial charge in [0.1, 0.15) is 5.82 Å². The quantitative estimate of drug-likeness (QED) is 0.323. The van der Waals surface area contributed by atoms with Crippen LogP contribution in [0.2, 0.25) is 0 Å². The molecule has 2 heterocycles. The van der Waals surface area contributed by atoms with E-state index in [1.807, 2.05) is 18.2 Å². The van der Waals surface area contributed by atoms with Gasteiger partial charge >= 0.3 is 0 Å². The van der Waals surface area contributed by atoms with Gasteiger partial charge in [0, 0.05) is 24.6 Å². The van der Waals surface area contributed by atoms with Gasteiger partial charge in [0.15, 0.2) is 10.9 Å². The molecule has 2 aromatic carbocycles. The van der Waals surface area contributed by atoms with Crippen molar-refractivity contribution in [2.45, 2.75) is 54.6 Å². The summed E-state index contributed by atoms with van der Waals surface area (Å²) >= 11 is 1.38. The van der Waals surface area contributed by atoms with Crippen LogP contribution in [0.1, 0.15) is 59.8 Å². The summed E-state index contributed by atoms with van der Waals surface area (Å²) < 4.78 is 29.4. The second kappa shape index (κ2) is 10.0. The molecular formula is C25H28N4O3S2. The molecule has 34 heavy (non-hydrogen) atoms. The van der Waals surface area contributed by atoms with Gasteiger partial charge in [-0.2, -0.15) is 4.31 Å². The molecule has 0 radical (unpaired) electrons. The summed E-state index contributed by atoms with van der Waals surface area (Å²) in [5, 5.41) is 9.53. The molecule has 1 saturated carbocycles. The lowest BCUT2D eigenvalue weighted by molar-refractivity contribution is 0.102. The number of thioether (sulfide) groups is 1. The van der Waals surface area contributed by atoms with Crippen LogP contribution in [0.4, 0.5) is 0 Å². The molecule has 178 valence electrons. The Morgan fingerprint density at radius 3 is 2.32 bits per heavy atom. The number of rotatable bonds is 9. The molecule has 0 atom stereocenters. The second-order valence-corrected chi connectivity index (χ2v) is 11.8. The molecule has 1 aliphatic heterocycles. The Bertz CT molecular complexity index is 1250. The van der Waals surface area contributed by atoms with E-state index in [9.17, 15) is 13.2 Å². The molecule has 0 bridgehead atoms. The highest BCUT2D eigenvalue weighted by molar-refractivity contribution is 7.99. The standard InChI is InChI=1S/C25H28N4O3S2/c30-23(20-11-13-22(14-12-20)34(31,32)28-15-5-2-6-16-28)18-33-25-27-26-24(21-9-10-21)29(25)17-19-7-3-1-4-8-19/h1,3-4,7-8,11-14,21H,2,5-6,9-10,15-18H2. The van der Waals surface area contributed by atoms with Gasteiger partial charge in [-0.05, 0) is 43.4 Å². The van der Waals surface area contributed by atoms with Gasteiger partial charge in [0.2, 0.25) is 10.0 Å². The third-order valence-corrected chi connectivity index (χ3v) is 9.21. The number of Topliss-reactive ketones (excluding diaryl/α,β-unsaturated/α-hetero) is 1. The van der Waals surface area contributed by atoms with Crippen molar-refractivity contribution < 1.29 is 13.2 Å². The van der Waals surface area contributed by atoms with Gasteiger partial charge in [-0.15, -0.1) is 10.2 Å². The first-order chi connectivity index (χ1) is 16.5. The molecule has 1 saturated heterocycles. The minimum Gasteiger partial charge on any atom is -0.301 e.